The lowest BCUT2D eigenvalue weighted by molar-refractivity contribution is 0.0378. The molecule has 0 bridgehead atoms. The normalized spacial score (nSPS) is 22.6. The standard InChI is InChI=1S/C16H25FO3Si/c1-16(2,3)21(4,5)20-15-9-12(10-18)19-14-7-6-11(17)8-13(14)15/h6-8,12,15,18H,9-10H2,1-5H3. The number of rotatable bonds is 3. The van der Waals surface area contributed by atoms with Crippen molar-refractivity contribution in [1.29, 1.82) is 0 Å². The van der Waals surface area contributed by atoms with E-state index in [-0.39, 0.29) is 29.7 Å². The van der Waals surface area contributed by atoms with E-state index in [1.165, 1.54) is 12.1 Å². The van der Waals surface area contributed by atoms with Crippen LogP contribution in [0.5, 0.6) is 5.75 Å². The number of fused-ring (bicyclic) bond motifs is 1. The SMILES string of the molecule is CC(C)(C)[Si](C)(C)OC1CC(CO)Oc2ccc(F)cc21. The highest BCUT2D eigenvalue weighted by atomic mass is 28.4. The van der Waals surface area contributed by atoms with Crippen LogP contribution in [0.4, 0.5) is 4.39 Å². The van der Waals surface area contributed by atoms with Gasteiger partial charge in [-0.2, -0.15) is 0 Å². The summed E-state index contributed by atoms with van der Waals surface area (Å²) in [6.07, 6.45) is 0.0413. The van der Waals surface area contributed by atoms with Crippen LogP contribution in [0.25, 0.3) is 0 Å². The summed E-state index contributed by atoms with van der Waals surface area (Å²) < 4.78 is 25.7. The quantitative estimate of drug-likeness (QED) is 0.856. The molecule has 5 heteroatoms. The fraction of sp³-hybridized carbons (Fsp3) is 0.625. The van der Waals surface area contributed by atoms with E-state index >= 15 is 0 Å². The number of benzene rings is 1. The lowest BCUT2D eigenvalue weighted by Gasteiger charge is -2.42. The van der Waals surface area contributed by atoms with E-state index in [0.717, 1.165) is 5.56 Å². The van der Waals surface area contributed by atoms with Crippen LogP contribution in [0.1, 0.15) is 38.9 Å². The first-order valence-electron chi connectivity index (χ1n) is 7.39. The van der Waals surface area contributed by atoms with Gasteiger partial charge < -0.3 is 14.3 Å². The van der Waals surface area contributed by atoms with E-state index in [1.54, 1.807) is 6.07 Å². The largest absolute Gasteiger partial charge is 0.488 e. The van der Waals surface area contributed by atoms with Crippen molar-refractivity contribution in [2.24, 2.45) is 0 Å². The summed E-state index contributed by atoms with van der Waals surface area (Å²) in [6, 6.07) is 4.48. The van der Waals surface area contributed by atoms with Crippen molar-refractivity contribution < 1.29 is 18.7 Å². The zero-order valence-corrected chi connectivity index (χ0v) is 14.4. The Balaban J connectivity index is 2.33. The van der Waals surface area contributed by atoms with Gasteiger partial charge in [0, 0.05) is 12.0 Å². The molecule has 0 spiro atoms. The molecule has 1 N–H and O–H groups in total. The van der Waals surface area contributed by atoms with Crippen molar-refractivity contribution in [3.63, 3.8) is 0 Å². The van der Waals surface area contributed by atoms with Crippen LogP contribution < -0.4 is 4.74 Å². The molecule has 0 saturated heterocycles. The molecule has 1 aliphatic heterocycles. The van der Waals surface area contributed by atoms with Gasteiger partial charge in [0.2, 0.25) is 0 Å². The van der Waals surface area contributed by atoms with Crippen molar-refractivity contribution in [2.75, 3.05) is 6.61 Å². The van der Waals surface area contributed by atoms with E-state index in [0.29, 0.717) is 12.2 Å². The van der Waals surface area contributed by atoms with Crippen LogP contribution in [-0.4, -0.2) is 26.1 Å². The smallest absolute Gasteiger partial charge is 0.192 e. The number of aliphatic hydroxyl groups is 1. The highest BCUT2D eigenvalue weighted by Gasteiger charge is 2.41. The molecule has 1 aliphatic rings. The monoisotopic (exact) mass is 312 g/mol. The Hall–Kier alpha value is -0.913. The summed E-state index contributed by atoms with van der Waals surface area (Å²) in [6.45, 7) is 10.8. The van der Waals surface area contributed by atoms with E-state index in [2.05, 4.69) is 33.9 Å². The Morgan fingerprint density at radius 2 is 2.05 bits per heavy atom. The minimum atomic E-state index is -1.98. The maximum atomic E-state index is 13.6. The van der Waals surface area contributed by atoms with Gasteiger partial charge in [-0.3, -0.25) is 0 Å². The molecule has 0 saturated carbocycles. The average molecular weight is 312 g/mol. The Morgan fingerprint density at radius 1 is 1.38 bits per heavy atom. The van der Waals surface area contributed by atoms with Crippen molar-refractivity contribution in [2.45, 2.75) is 57.5 Å². The predicted octanol–water partition coefficient (Wildman–Crippen LogP) is 4.03. The van der Waals surface area contributed by atoms with Gasteiger partial charge in [0.05, 0.1) is 12.7 Å². The number of ether oxygens (including phenoxy) is 1. The molecule has 2 atom stereocenters. The number of halogens is 1. The number of aliphatic hydroxyl groups excluding tert-OH is 1. The summed E-state index contributed by atoms with van der Waals surface area (Å²) in [4.78, 5) is 0. The predicted molar refractivity (Wildman–Crippen MR) is 83.5 cm³/mol. The van der Waals surface area contributed by atoms with Crippen LogP contribution in [0.15, 0.2) is 18.2 Å². The van der Waals surface area contributed by atoms with E-state index in [4.69, 9.17) is 9.16 Å². The first-order valence-corrected chi connectivity index (χ1v) is 10.3. The second kappa shape index (κ2) is 5.70. The van der Waals surface area contributed by atoms with Crippen molar-refractivity contribution >= 4 is 8.32 Å². The van der Waals surface area contributed by atoms with E-state index < -0.39 is 8.32 Å². The fourth-order valence-corrected chi connectivity index (χ4v) is 3.52. The lowest BCUT2D eigenvalue weighted by atomic mass is 9.99. The first kappa shape index (κ1) is 16.5. The van der Waals surface area contributed by atoms with Crippen LogP contribution in [0, 0.1) is 5.82 Å². The third kappa shape index (κ3) is 3.47. The van der Waals surface area contributed by atoms with Gasteiger partial charge in [-0.15, -0.1) is 0 Å². The highest BCUT2D eigenvalue weighted by Crippen LogP contribution is 2.44. The average Bonchev–Trinajstić information content (AvgIpc) is 2.37. The second-order valence-corrected chi connectivity index (χ2v) is 12.0. The molecule has 0 aromatic heterocycles. The van der Waals surface area contributed by atoms with Crippen molar-refractivity contribution in [1.82, 2.24) is 0 Å². The topological polar surface area (TPSA) is 38.7 Å². The Labute approximate surface area is 127 Å². The minimum Gasteiger partial charge on any atom is -0.488 e. The van der Waals surface area contributed by atoms with E-state index in [9.17, 15) is 9.50 Å². The summed E-state index contributed by atoms with van der Waals surface area (Å²) in [5.41, 5.74) is 0.754. The number of hydrogen-bond donors (Lipinski definition) is 1. The first-order chi connectivity index (χ1) is 9.64. The molecule has 1 aromatic carbocycles. The molecule has 2 rings (SSSR count). The molecular formula is C16H25FO3Si. The molecule has 3 nitrogen and oxygen atoms in total. The van der Waals surface area contributed by atoms with Gasteiger partial charge in [0.25, 0.3) is 0 Å². The second-order valence-electron chi connectivity index (χ2n) is 7.21. The Kier molecular flexibility index (Phi) is 4.47. The maximum Gasteiger partial charge on any atom is 0.192 e. The van der Waals surface area contributed by atoms with Gasteiger partial charge in [0.15, 0.2) is 8.32 Å². The van der Waals surface area contributed by atoms with Gasteiger partial charge >= 0.3 is 0 Å². The van der Waals surface area contributed by atoms with Crippen LogP contribution >= 0.6 is 0 Å². The van der Waals surface area contributed by atoms with Gasteiger partial charge in [-0.05, 0) is 36.3 Å². The molecule has 21 heavy (non-hydrogen) atoms. The molecule has 1 aromatic rings. The van der Waals surface area contributed by atoms with Crippen LogP contribution in [0.2, 0.25) is 18.1 Å². The minimum absolute atomic E-state index is 0.0613. The van der Waals surface area contributed by atoms with Crippen LogP contribution in [0.3, 0.4) is 0 Å². The molecule has 1 heterocycles. The van der Waals surface area contributed by atoms with E-state index in [1.807, 2.05) is 0 Å². The molecule has 0 fully saturated rings. The van der Waals surface area contributed by atoms with Crippen LogP contribution in [-0.2, 0) is 4.43 Å². The molecule has 0 aliphatic carbocycles. The maximum absolute atomic E-state index is 13.6. The zero-order valence-electron chi connectivity index (χ0n) is 13.4. The third-order valence-corrected chi connectivity index (χ3v) is 9.02. The summed E-state index contributed by atoms with van der Waals surface area (Å²) in [5, 5.41) is 9.48. The van der Waals surface area contributed by atoms with Gasteiger partial charge in [-0.1, -0.05) is 20.8 Å². The van der Waals surface area contributed by atoms with Crippen molar-refractivity contribution in [3.05, 3.63) is 29.6 Å². The van der Waals surface area contributed by atoms with Crippen molar-refractivity contribution in [3.8, 4) is 5.75 Å². The Bertz CT molecular complexity index is 511. The molecule has 2 unspecified atom stereocenters. The molecule has 118 valence electrons. The molecular weight excluding hydrogens is 287 g/mol. The molecule has 0 radical (unpaired) electrons. The number of hydrogen-bond acceptors (Lipinski definition) is 3. The fourth-order valence-electron chi connectivity index (χ4n) is 2.23. The highest BCUT2D eigenvalue weighted by molar-refractivity contribution is 6.74. The van der Waals surface area contributed by atoms with Gasteiger partial charge in [0.1, 0.15) is 17.7 Å². The zero-order chi connectivity index (χ0) is 15.8. The lowest BCUT2D eigenvalue weighted by Crippen LogP contribution is -2.43. The summed E-state index contributed by atoms with van der Waals surface area (Å²) >= 11 is 0. The third-order valence-electron chi connectivity index (χ3n) is 4.54. The Morgan fingerprint density at radius 3 is 2.62 bits per heavy atom. The summed E-state index contributed by atoms with van der Waals surface area (Å²) in [7, 11) is -1.98. The molecule has 0 amide bonds. The van der Waals surface area contributed by atoms with Gasteiger partial charge in [-0.25, -0.2) is 4.39 Å². The summed E-state index contributed by atoms with van der Waals surface area (Å²) in [5.74, 6) is 0.328.